The van der Waals surface area contributed by atoms with Crippen LogP contribution in [0.5, 0.6) is 0 Å². The highest BCUT2D eigenvalue weighted by Gasteiger charge is 2.42. The molecule has 37 heavy (non-hydrogen) atoms. The van der Waals surface area contributed by atoms with E-state index in [4.69, 9.17) is 4.74 Å². The summed E-state index contributed by atoms with van der Waals surface area (Å²) < 4.78 is 86.0. The Morgan fingerprint density at radius 2 is 1.59 bits per heavy atom. The van der Waals surface area contributed by atoms with Crippen LogP contribution in [0.4, 0.5) is 37.1 Å². The molecule has 3 atom stereocenters. The minimum atomic E-state index is -4.96. The average molecular weight is 537 g/mol. The van der Waals surface area contributed by atoms with Crippen LogP contribution in [0, 0.1) is 0 Å². The Balaban J connectivity index is 1.99. The van der Waals surface area contributed by atoms with Gasteiger partial charge < -0.3 is 14.5 Å². The summed E-state index contributed by atoms with van der Waals surface area (Å²) in [6.07, 6.45) is -8.78. The highest BCUT2D eigenvalue weighted by molar-refractivity contribution is 5.69. The molecule has 1 fully saturated rings. The van der Waals surface area contributed by atoms with Gasteiger partial charge in [-0.05, 0) is 68.5 Å². The van der Waals surface area contributed by atoms with Crippen LogP contribution < -0.4 is 4.90 Å². The zero-order chi connectivity index (χ0) is 27.5. The van der Waals surface area contributed by atoms with Crippen molar-refractivity contribution in [2.75, 3.05) is 4.90 Å². The summed E-state index contributed by atoms with van der Waals surface area (Å²) in [7, 11) is 0. The van der Waals surface area contributed by atoms with E-state index in [1.807, 2.05) is 13.8 Å². The molecule has 1 aromatic carbocycles. The van der Waals surface area contributed by atoms with Crippen LogP contribution in [0.1, 0.15) is 70.1 Å². The second-order valence-electron chi connectivity index (χ2n) is 9.34. The number of hydrogen-bond donors (Lipinski definition) is 1. The zero-order valence-electron chi connectivity index (χ0n) is 20.9. The van der Waals surface area contributed by atoms with Crippen LogP contribution in [0.3, 0.4) is 0 Å². The second kappa shape index (κ2) is 11.1. The van der Waals surface area contributed by atoms with Crippen molar-refractivity contribution in [3.8, 4) is 0 Å². The van der Waals surface area contributed by atoms with Gasteiger partial charge in [-0.15, -0.1) is 5.10 Å². The molecule has 206 valence electrons. The number of benzene rings is 1. The van der Waals surface area contributed by atoms with Crippen molar-refractivity contribution in [2.24, 2.45) is 0 Å². The molecule has 2 heterocycles. The first-order valence-electron chi connectivity index (χ1n) is 12.0. The number of halogens is 6. The fraction of sp³-hybridized carbons (Fsp3) is 0.652. The van der Waals surface area contributed by atoms with E-state index in [0.717, 1.165) is 0 Å². The molecule has 1 amide bonds. The van der Waals surface area contributed by atoms with E-state index in [-0.39, 0.29) is 48.4 Å². The number of rotatable bonds is 7. The fourth-order valence-electron chi connectivity index (χ4n) is 4.74. The number of H-pyrrole nitrogens is 1. The molecule has 0 spiro atoms. The van der Waals surface area contributed by atoms with Gasteiger partial charge in [0.25, 0.3) is 5.95 Å². The van der Waals surface area contributed by atoms with Gasteiger partial charge in [-0.25, -0.2) is 4.79 Å². The second-order valence-corrected chi connectivity index (χ2v) is 9.34. The summed E-state index contributed by atoms with van der Waals surface area (Å²) in [6, 6.07) is 0.576. The molecule has 2 aromatic rings. The summed E-state index contributed by atoms with van der Waals surface area (Å²) in [5.41, 5.74) is -2.99. The predicted octanol–water partition coefficient (Wildman–Crippen LogP) is 5.81. The standard InChI is InChI=1S/C23H30F6N6O2/c1-5-17-10-19(11-18(6-2)35(17)21(36)37-13(3)4)34(20-30-32-33-31-20)12-14-7-15(22(24,25)26)9-16(8-14)23(27,28)29/h7-9,13,17-19H,5-6,10-12H2,1-4H3,(H,30,31,32,33)/t17-,18+,19?. The van der Waals surface area contributed by atoms with Crippen LogP contribution in [0.2, 0.25) is 0 Å². The molecule has 1 unspecified atom stereocenters. The molecule has 0 bridgehead atoms. The fourth-order valence-corrected chi connectivity index (χ4v) is 4.74. The number of nitrogens with zero attached hydrogens (tertiary/aromatic N) is 5. The minimum Gasteiger partial charge on any atom is -0.447 e. The Hall–Kier alpha value is -3.06. The lowest BCUT2D eigenvalue weighted by Gasteiger charge is -2.47. The molecule has 1 N–H and O–H groups in total. The number of carbonyl (C=O) groups excluding carboxylic acids is 1. The Labute approximate surface area is 210 Å². The van der Waals surface area contributed by atoms with Gasteiger partial charge in [-0.1, -0.05) is 18.9 Å². The normalized spacial score (nSPS) is 20.8. The van der Waals surface area contributed by atoms with Gasteiger partial charge in [-0.2, -0.15) is 31.6 Å². The molecule has 1 aliphatic rings. The number of aromatic nitrogens is 4. The monoisotopic (exact) mass is 536 g/mol. The largest absolute Gasteiger partial charge is 0.447 e. The molecular weight excluding hydrogens is 506 g/mol. The summed E-state index contributed by atoms with van der Waals surface area (Å²) in [6.45, 7) is 6.97. The number of aromatic amines is 1. The van der Waals surface area contributed by atoms with E-state index in [2.05, 4.69) is 20.6 Å². The zero-order valence-corrected chi connectivity index (χ0v) is 20.9. The van der Waals surface area contributed by atoms with Crippen LogP contribution in [0.15, 0.2) is 18.2 Å². The smallest absolute Gasteiger partial charge is 0.416 e. The van der Waals surface area contributed by atoms with Gasteiger partial charge in [0, 0.05) is 24.7 Å². The number of carbonyl (C=O) groups is 1. The van der Waals surface area contributed by atoms with Gasteiger partial charge in [0.2, 0.25) is 0 Å². The summed E-state index contributed by atoms with van der Waals surface area (Å²) in [4.78, 5) is 16.1. The lowest BCUT2D eigenvalue weighted by Crippen LogP contribution is -2.57. The van der Waals surface area contributed by atoms with Crippen LogP contribution in [-0.2, 0) is 23.6 Å². The lowest BCUT2D eigenvalue weighted by molar-refractivity contribution is -0.143. The van der Waals surface area contributed by atoms with E-state index >= 15 is 0 Å². The van der Waals surface area contributed by atoms with E-state index in [1.54, 1.807) is 23.6 Å². The molecule has 14 heteroatoms. The van der Waals surface area contributed by atoms with Crippen molar-refractivity contribution in [1.82, 2.24) is 25.5 Å². The third kappa shape index (κ3) is 6.83. The van der Waals surface area contributed by atoms with Crippen molar-refractivity contribution < 1.29 is 35.9 Å². The highest BCUT2D eigenvalue weighted by Crippen LogP contribution is 2.38. The Morgan fingerprint density at radius 1 is 1.05 bits per heavy atom. The van der Waals surface area contributed by atoms with Crippen LogP contribution in [-0.4, -0.2) is 55.8 Å². The van der Waals surface area contributed by atoms with Gasteiger partial charge in [0.1, 0.15) is 0 Å². The number of alkyl halides is 6. The Bertz CT molecular complexity index is 997. The number of amides is 1. The number of nitrogens with one attached hydrogen (secondary N) is 1. The third-order valence-corrected chi connectivity index (χ3v) is 6.40. The number of likely N-dealkylation sites (tertiary alicyclic amines) is 1. The first-order chi connectivity index (χ1) is 17.2. The van der Waals surface area contributed by atoms with E-state index < -0.39 is 29.6 Å². The predicted molar refractivity (Wildman–Crippen MR) is 121 cm³/mol. The Morgan fingerprint density at radius 3 is 2.00 bits per heavy atom. The summed E-state index contributed by atoms with van der Waals surface area (Å²) in [5, 5.41) is 13.7. The van der Waals surface area contributed by atoms with Crippen LogP contribution in [0.25, 0.3) is 0 Å². The van der Waals surface area contributed by atoms with Gasteiger partial charge in [0.15, 0.2) is 0 Å². The number of ether oxygens (including phenoxy) is 1. The topological polar surface area (TPSA) is 87.2 Å². The molecular formula is C23H30F6N6O2. The number of anilines is 1. The molecule has 0 radical (unpaired) electrons. The van der Waals surface area contributed by atoms with Crippen molar-refractivity contribution >= 4 is 12.0 Å². The summed E-state index contributed by atoms with van der Waals surface area (Å²) >= 11 is 0. The first-order valence-corrected chi connectivity index (χ1v) is 12.0. The molecule has 1 saturated heterocycles. The molecule has 8 nitrogen and oxygen atoms in total. The average Bonchev–Trinajstić information content (AvgIpc) is 3.34. The number of tetrazole rings is 1. The first kappa shape index (κ1) is 28.5. The van der Waals surface area contributed by atoms with E-state index in [9.17, 15) is 31.1 Å². The lowest BCUT2D eigenvalue weighted by atomic mass is 9.87. The van der Waals surface area contributed by atoms with Crippen molar-refractivity contribution in [3.05, 3.63) is 34.9 Å². The number of hydrogen-bond acceptors (Lipinski definition) is 6. The SMILES string of the molecule is CC[C@@H]1CC(N(Cc2cc(C(F)(F)F)cc(C(F)(F)F)c2)c2nn[nH]n2)C[C@H](CC)N1C(=O)OC(C)C. The van der Waals surface area contributed by atoms with Gasteiger partial charge in [-0.3, -0.25) is 0 Å². The summed E-state index contributed by atoms with van der Waals surface area (Å²) in [5.74, 6) is 0.0406. The maximum absolute atomic E-state index is 13.4. The maximum atomic E-state index is 13.4. The quantitative estimate of drug-likeness (QED) is 0.450. The minimum absolute atomic E-state index is 0.0406. The molecule has 1 aliphatic heterocycles. The molecule has 0 aliphatic carbocycles. The van der Waals surface area contributed by atoms with Gasteiger partial charge >= 0.3 is 18.4 Å². The maximum Gasteiger partial charge on any atom is 0.416 e. The van der Waals surface area contributed by atoms with E-state index in [0.29, 0.717) is 37.8 Å². The van der Waals surface area contributed by atoms with Crippen molar-refractivity contribution in [3.63, 3.8) is 0 Å². The Kier molecular flexibility index (Phi) is 8.58. The highest BCUT2D eigenvalue weighted by atomic mass is 19.4. The molecule has 1 aromatic heterocycles. The van der Waals surface area contributed by atoms with E-state index in [1.165, 1.54) is 0 Å². The van der Waals surface area contributed by atoms with Crippen LogP contribution >= 0.6 is 0 Å². The number of piperidine rings is 1. The van der Waals surface area contributed by atoms with Gasteiger partial charge in [0.05, 0.1) is 17.2 Å². The molecule has 3 rings (SSSR count). The van der Waals surface area contributed by atoms with Crippen molar-refractivity contribution in [1.29, 1.82) is 0 Å². The third-order valence-electron chi connectivity index (χ3n) is 6.40. The van der Waals surface area contributed by atoms with Crippen molar-refractivity contribution in [2.45, 2.75) is 96.5 Å². The molecule has 0 saturated carbocycles.